The van der Waals surface area contributed by atoms with Gasteiger partial charge >= 0.3 is 0 Å². The largest absolute Gasteiger partial charge is 0.497 e. The highest BCUT2D eigenvalue weighted by atomic mass is 32.2. The van der Waals surface area contributed by atoms with Crippen molar-refractivity contribution in [2.75, 3.05) is 43.5 Å². The third-order valence-electron chi connectivity index (χ3n) is 5.39. The number of hydrogen-bond acceptors (Lipinski definition) is 9. The molecular formula is C22H24N6O5S. The van der Waals surface area contributed by atoms with E-state index in [2.05, 4.69) is 15.3 Å². The quantitative estimate of drug-likeness (QED) is 0.397. The number of non-ortho nitro benzene ring substituents is 1. The number of nitro benzene ring substituents is 1. The minimum atomic E-state index is -3.85. The normalized spacial score (nSPS) is 14.6. The molecule has 0 bridgehead atoms. The second kappa shape index (κ2) is 9.61. The molecule has 1 aliphatic heterocycles. The van der Waals surface area contributed by atoms with Gasteiger partial charge in [-0.05, 0) is 37.3 Å². The van der Waals surface area contributed by atoms with Gasteiger partial charge < -0.3 is 15.0 Å². The summed E-state index contributed by atoms with van der Waals surface area (Å²) in [5.41, 5.74) is 1.36. The first-order chi connectivity index (χ1) is 16.3. The SMILES string of the molecule is COc1ccc(Nc2cc(C)nc(N3CCN(S(=O)(=O)c4cccc([N+](=O)[O-])c4)CC3)n2)cc1. The maximum Gasteiger partial charge on any atom is 0.270 e. The molecule has 0 spiro atoms. The minimum Gasteiger partial charge on any atom is -0.497 e. The first kappa shape index (κ1) is 23.4. The van der Waals surface area contributed by atoms with Crippen LogP contribution in [-0.2, 0) is 10.0 Å². The lowest BCUT2D eigenvalue weighted by molar-refractivity contribution is -0.385. The molecule has 2 aromatic carbocycles. The first-order valence-electron chi connectivity index (χ1n) is 10.5. The molecule has 1 N–H and O–H groups in total. The van der Waals surface area contributed by atoms with Crippen molar-refractivity contribution < 1.29 is 18.1 Å². The number of rotatable bonds is 7. The van der Waals surface area contributed by atoms with E-state index < -0.39 is 14.9 Å². The van der Waals surface area contributed by atoms with Crippen LogP contribution in [0.4, 0.5) is 23.1 Å². The van der Waals surface area contributed by atoms with Gasteiger partial charge in [0.1, 0.15) is 11.6 Å². The van der Waals surface area contributed by atoms with Gasteiger partial charge in [-0.3, -0.25) is 10.1 Å². The summed E-state index contributed by atoms with van der Waals surface area (Å²) in [6, 6.07) is 14.4. The molecular weight excluding hydrogens is 460 g/mol. The Morgan fingerprint density at radius 2 is 1.74 bits per heavy atom. The van der Waals surface area contributed by atoms with Crippen LogP contribution in [0.25, 0.3) is 0 Å². The Morgan fingerprint density at radius 1 is 1.03 bits per heavy atom. The molecule has 1 saturated heterocycles. The van der Waals surface area contributed by atoms with Crippen molar-refractivity contribution in [3.63, 3.8) is 0 Å². The average Bonchev–Trinajstić information content (AvgIpc) is 2.84. The third kappa shape index (κ3) is 5.07. The Bertz CT molecular complexity index is 1290. The van der Waals surface area contributed by atoms with E-state index in [1.807, 2.05) is 42.2 Å². The number of nitro groups is 1. The predicted molar refractivity (Wildman–Crippen MR) is 127 cm³/mol. The van der Waals surface area contributed by atoms with E-state index >= 15 is 0 Å². The maximum atomic E-state index is 13.0. The van der Waals surface area contributed by atoms with E-state index in [0.29, 0.717) is 24.9 Å². The van der Waals surface area contributed by atoms with Crippen LogP contribution < -0.4 is 15.0 Å². The van der Waals surface area contributed by atoms with Gasteiger partial charge in [0.25, 0.3) is 5.69 Å². The Morgan fingerprint density at radius 3 is 2.38 bits per heavy atom. The number of nitrogens with zero attached hydrogens (tertiary/aromatic N) is 5. The van der Waals surface area contributed by atoms with Crippen molar-refractivity contribution >= 4 is 33.2 Å². The van der Waals surface area contributed by atoms with E-state index in [4.69, 9.17) is 4.74 Å². The molecule has 0 aliphatic carbocycles. The average molecular weight is 485 g/mol. The van der Waals surface area contributed by atoms with Crippen LogP contribution in [0.5, 0.6) is 5.75 Å². The van der Waals surface area contributed by atoms with Crippen LogP contribution >= 0.6 is 0 Å². The van der Waals surface area contributed by atoms with Gasteiger partial charge in [-0.15, -0.1) is 0 Å². The number of piperazine rings is 1. The summed E-state index contributed by atoms with van der Waals surface area (Å²) in [5, 5.41) is 14.3. The van der Waals surface area contributed by atoms with Gasteiger partial charge in [0.15, 0.2) is 0 Å². The molecule has 0 radical (unpaired) electrons. The molecule has 0 saturated carbocycles. The van der Waals surface area contributed by atoms with E-state index in [1.165, 1.54) is 22.5 Å². The Kier molecular flexibility index (Phi) is 6.61. The molecule has 34 heavy (non-hydrogen) atoms. The van der Waals surface area contributed by atoms with E-state index in [1.54, 1.807) is 7.11 Å². The smallest absolute Gasteiger partial charge is 0.270 e. The molecule has 11 nitrogen and oxygen atoms in total. The summed E-state index contributed by atoms with van der Waals surface area (Å²) >= 11 is 0. The van der Waals surface area contributed by atoms with Gasteiger partial charge in [-0.1, -0.05) is 6.07 Å². The fraction of sp³-hybridized carbons (Fsp3) is 0.273. The zero-order valence-electron chi connectivity index (χ0n) is 18.7. The Labute approximate surface area is 197 Å². The van der Waals surface area contributed by atoms with E-state index in [0.717, 1.165) is 23.2 Å². The van der Waals surface area contributed by atoms with E-state index in [9.17, 15) is 18.5 Å². The summed E-state index contributed by atoms with van der Waals surface area (Å²) in [6.07, 6.45) is 0. The lowest BCUT2D eigenvalue weighted by atomic mass is 10.3. The molecule has 1 aliphatic rings. The number of aryl methyl sites for hydroxylation is 1. The zero-order valence-corrected chi connectivity index (χ0v) is 19.5. The zero-order chi connectivity index (χ0) is 24.3. The third-order valence-corrected chi connectivity index (χ3v) is 7.29. The molecule has 3 aromatic rings. The van der Waals surface area contributed by atoms with Crippen LogP contribution in [0.3, 0.4) is 0 Å². The predicted octanol–water partition coefficient (Wildman–Crippen LogP) is 2.96. The molecule has 2 heterocycles. The summed E-state index contributed by atoms with van der Waals surface area (Å²) in [6.45, 7) is 3.07. The van der Waals surface area contributed by atoms with Gasteiger partial charge in [0.2, 0.25) is 16.0 Å². The van der Waals surface area contributed by atoms with Gasteiger partial charge in [0.05, 0.1) is 16.9 Å². The lowest BCUT2D eigenvalue weighted by Gasteiger charge is -2.34. The Hall–Kier alpha value is -3.77. The van der Waals surface area contributed by atoms with Crippen molar-refractivity contribution in [2.45, 2.75) is 11.8 Å². The molecule has 0 unspecified atom stereocenters. The minimum absolute atomic E-state index is 0.0899. The highest BCUT2D eigenvalue weighted by Gasteiger charge is 2.30. The number of methoxy groups -OCH3 is 1. The molecule has 0 atom stereocenters. The van der Waals surface area contributed by atoms with Crippen LogP contribution in [0.1, 0.15) is 5.69 Å². The number of ether oxygens (including phenoxy) is 1. The van der Waals surface area contributed by atoms with Gasteiger partial charge in [0, 0.05) is 55.8 Å². The first-order valence-corrected chi connectivity index (χ1v) is 12.0. The van der Waals surface area contributed by atoms with E-state index in [-0.39, 0.29) is 23.7 Å². The number of aromatic nitrogens is 2. The Balaban J connectivity index is 1.46. The summed E-state index contributed by atoms with van der Waals surface area (Å²) in [4.78, 5) is 21.4. The highest BCUT2D eigenvalue weighted by molar-refractivity contribution is 7.89. The molecule has 0 amide bonds. The number of anilines is 3. The standard InChI is InChI=1S/C22H24N6O5S/c1-16-14-21(24-17-6-8-19(33-2)9-7-17)25-22(23-16)26-10-12-27(13-11-26)34(31,32)20-5-3-4-18(15-20)28(29)30/h3-9,14-15H,10-13H2,1-2H3,(H,23,24,25). The molecule has 1 aromatic heterocycles. The number of benzene rings is 2. The van der Waals surface area contributed by atoms with Crippen LogP contribution in [0.2, 0.25) is 0 Å². The summed E-state index contributed by atoms with van der Waals surface area (Å²) in [5.74, 6) is 1.88. The lowest BCUT2D eigenvalue weighted by Crippen LogP contribution is -2.49. The summed E-state index contributed by atoms with van der Waals surface area (Å²) in [7, 11) is -2.24. The number of sulfonamides is 1. The second-order valence-corrected chi connectivity index (χ2v) is 9.63. The number of nitrogens with one attached hydrogen (secondary N) is 1. The van der Waals surface area contributed by atoms with Crippen LogP contribution in [0, 0.1) is 17.0 Å². The van der Waals surface area contributed by atoms with Gasteiger partial charge in [-0.25, -0.2) is 13.4 Å². The topological polar surface area (TPSA) is 131 Å². The van der Waals surface area contributed by atoms with Crippen LogP contribution in [0.15, 0.2) is 59.5 Å². The number of hydrogen-bond donors (Lipinski definition) is 1. The summed E-state index contributed by atoms with van der Waals surface area (Å²) < 4.78 is 32.5. The fourth-order valence-electron chi connectivity index (χ4n) is 3.62. The van der Waals surface area contributed by atoms with Crippen LogP contribution in [-0.4, -0.2) is 60.9 Å². The molecule has 178 valence electrons. The molecule has 12 heteroatoms. The highest BCUT2D eigenvalue weighted by Crippen LogP contribution is 2.24. The molecule has 1 fully saturated rings. The maximum absolute atomic E-state index is 13.0. The fourth-order valence-corrected chi connectivity index (χ4v) is 5.08. The molecule has 4 rings (SSSR count). The second-order valence-electron chi connectivity index (χ2n) is 7.69. The van der Waals surface area contributed by atoms with Crippen molar-refractivity contribution in [1.29, 1.82) is 0 Å². The van der Waals surface area contributed by atoms with Crippen molar-refractivity contribution in [3.05, 3.63) is 70.4 Å². The monoisotopic (exact) mass is 484 g/mol. The van der Waals surface area contributed by atoms with Crippen molar-refractivity contribution in [2.24, 2.45) is 0 Å². The van der Waals surface area contributed by atoms with Gasteiger partial charge in [-0.2, -0.15) is 9.29 Å². The van der Waals surface area contributed by atoms with Crippen molar-refractivity contribution in [3.8, 4) is 5.75 Å². The van der Waals surface area contributed by atoms with Crippen molar-refractivity contribution in [1.82, 2.24) is 14.3 Å².